The largest absolute Gasteiger partial charge is 0.492 e. The Morgan fingerprint density at radius 1 is 1.12 bits per heavy atom. The Bertz CT molecular complexity index is 865. The number of anilines is 1. The van der Waals surface area contributed by atoms with Crippen molar-refractivity contribution in [3.8, 4) is 5.75 Å². The van der Waals surface area contributed by atoms with Gasteiger partial charge in [-0.2, -0.15) is 0 Å². The van der Waals surface area contributed by atoms with Gasteiger partial charge in [-0.3, -0.25) is 9.10 Å². The fraction of sp³-hybridized carbons (Fsp3) is 0.316. The summed E-state index contributed by atoms with van der Waals surface area (Å²) in [7, 11) is -3.57. The average molecular weight is 376 g/mol. The summed E-state index contributed by atoms with van der Waals surface area (Å²) < 4.78 is 30.9. The molecule has 2 aromatic rings. The zero-order valence-corrected chi connectivity index (χ0v) is 16.0. The normalized spacial score (nSPS) is 11.0. The van der Waals surface area contributed by atoms with Gasteiger partial charge in [0, 0.05) is 0 Å². The summed E-state index contributed by atoms with van der Waals surface area (Å²) in [6.45, 7) is 4.10. The number of hydrogen-bond acceptors (Lipinski definition) is 4. The zero-order chi connectivity index (χ0) is 19.2. The molecule has 0 aliphatic rings. The number of carbonyl (C=O) groups is 1. The third-order valence-corrected chi connectivity index (χ3v) is 4.88. The molecule has 0 spiro atoms. The van der Waals surface area contributed by atoms with Gasteiger partial charge in [0.1, 0.15) is 18.9 Å². The topological polar surface area (TPSA) is 75.7 Å². The summed E-state index contributed by atoms with van der Waals surface area (Å²) in [6.07, 6.45) is 1.09. The van der Waals surface area contributed by atoms with E-state index in [0.29, 0.717) is 12.3 Å². The lowest BCUT2D eigenvalue weighted by molar-refractivity contribution is -0.119. The highest BCUT2D eigenvalue weighted by Gasteiger charge is 2.21. The average Bonchev–Trinajstić information content (AvgIpc) is 2.56. The van der Waals surface area contributed by atoms with E-state index in [0.717, 1.165) is 27.4 Å². The third kappa shape index (κ3) is 5.77. The maximum absolute atomic E-state index is 12.2. The number of amides is 1. The lowest BCUT2D eigenvalue weighted by atomic mass is 10.2. The second kappa shape index (κ2) is 8.71. The number of nitrogens with one attached hydrogen (secondary N) is 1. The highest BCUT2D eigenvalue weighted by Crippen LogP contribution is 2.21. The monoisotopic (exact) mass is 376 g/mol. The number of ether oxygens (including phenoxy) is 1. The van der Waals surface area contributed by atoms with Crippen molar-refractivity contribution in [3.63, 3.8) is 0 Å². The maximum atomic E-state index is 12.2. The predicted octanol–water partition coefficient (Wildman–Crippen LogP) is 2.26. The van der Waals surface area contributed by atoms with E-state index in [9.17, 15) is 13.2 Å². The predicted molar refractivity (Wildman–Crippen MR) is 103 cm³/mol. The van der Waals surface area contributed by atoms with Crippen LogP contribution in [0.1, 0.15) is 11.1 Å². The van der Waals surface area contributed by atoms with Gasteiger partial charge in [0.05, 0.1) is 18.5 Å². The van der Waals surface area contributed by atoms with Crippen LogP contribution in [0.2, 0.25) is 0 Å². The van der Waals surface area contributed by atoms with E-state index in [1.807, 2.05) is 37.3 Å². The Hall–Kier alpha value is -2.54. The molecular weight excluding hydrogens is 352 g/mol. The molecule has 0 fully saturated rings. The zero-order valence-electron chi connectivity index (χ0n) is 15.2. The minimum Gasteiger partial charge on any atom is -0.492 e. The second-order valence-corrected chi connectivity index (χ2v) is 7.98. The molecule has 0 aromatic heterocycles. The van der Waals surface area contributed by atoms with E-state index < -0.39 is 10.0 Å². The lowest BCUT2D eigenvalue weighted by Crippen LogP contribution is -2.41. The second-order valence-electron chi connectivity index (χ2n) is 6.07. The molecule has 0 unspecified atom stereocenters. The van der Waals surface area contributed by atoms with E-state index in [4.69, 9.17) is 4.74 Å². The summed E-state index contributed by atoms with van der Waals surface area (Å²) >= 11 is 0. The SMILES string of the molecule is Cc1cccc(OCCNC(=O)CN(c2ccccc2C)S(C)(=O)=O)c1. The molecule has 1 N–H and O–H groups in total. The summed E-state index contributed by atoms with van der Waals surface area (Å²) in [4.78, 5) is 12.2. The molecule has 0 aliphatic carbocycles. The van der Waals surface area contributed by atoms with Crippen molar-refractivity contribution in [2.24, 2.45) is 0 Å². The van der Waals surface area contributed by atoms with Crippen molar-refractivity contribution in [2.75, 3.05) is 30.3 Å². The number of benzene rings is 2. The van der Waals surface area contributed by atoms with E-state index in [1.54, 1.807) is 25.1 Å². The van der Waals surface area contributed by atoms with Crippen LogP contribution >= 0.6 is 0 Å². The number of carbonyl (C=O) groups excluding carboxylic acids is 1. The molecule has 0 saturated carbocycles. The molecule has 6 nitrogen and oxygen atoms in total. The number of nitrogens with zero attached hydrogens (tertiary/aromatic N) is 1. The standard InChI is InChI=1S/C19H24N2O4S/c1-15-7-6-9-17(13-15)25-12-11-20-19(22)14-21(26(3,23)24)18-10-5-4-8-16(18)2/h4-10,13H,11-12,14H2,1-3H3,(H,20,22). The minimum absolute atomic E-state index is 0.270. The molecule has 0 radical (unpaired) electrons. The summed E-state index contributed by atoms with van der Waals surface area (Å²) in [6, 6.07) is 14.7. The Balaban J connectivity index is 1.91. The van der Waals surface area contributed by atoms with E-state index in [-0.39, 0.29) is 19.0 Å². The Kier molecular flexibility index (Phi) is 6.63. The Morgan fingerprint density at radius 3 is 2.50 bits per heavy atom. The molecule has 0 atom stereocenters. The lowest BCUT2D eigenvalue weighted by Gasteiger charge is -2.23. The molecule has 0 bridgehead atoms. The minimum atomic E-state index is -3.57. The summed E-state index contributed by atoms with van der Waals surface area (Å²) in [5, 5.41) is 2.69. The van der Waals surface area contributed by atoms with Crippen molar-refractivity contribution < 1.29 is 17.9 Å². The van der Waals surface area contributed by atoms with Crippen LogP contribution in [0, 0.1) is 13.8 Å². The van der Waals surface area contributed by atoms with Gasteiger partial charge in [-0.1, -0.05) is 30.3 Å². The van der Waals surface area contributed by atoms with Crippen LogP contribution in [0.5, 0.6) is 5.75 Å². The highest BCUT2D eigenvalue weighted by atomic mass is 32.2. The van der Waals surface area contributed by atoms with Gasteiger partial charge < -0.3 is 10.1 Å². The maximum Gasteiger partial charge on any atom is 0.240 e. The van der Waals surface area contributed by atoms with Crippen LogP contribution in [0.25, 0.3) is 0 Å². The number of hydrogen-bond donors (Lipinski definition) is 1. The van der Waals surface area contributed by atoms with E-state index >= 15 is 0 Å². The van der Waals surface area contributed by atoms with Gasteiger partial charge in [0.2, 0.25) is 15.9 Å². The van der Waals surface area contributed by atoms with Crippen molar-refractivity contribution in [2.45, 2.75) is 13.8 Å². The smallest absolute Gasteiger partial charge is 0.240 e. The van der Waals surface area contributed by atoms with Crippen molar-refractivity contribution in [1.29, 1.82) is 0 Å². The van der Waals surface area contributed by atoms with Crippen LogP contribution in [-0.4, -0.2) is 40.3 Å². The molecule has 0 aliphatic heterocycles. The fourth-order valence-electron chi connectivity index (χ4n) is 2.48. The van der Waals surface area contributed by atoms with Crippen molar-refractivity contribution in [3.05, 3.63) is 59.7 Å². The van der Waals surface area contributed by atoms with E-state index in [1.165, 1.54) is 0 Å². The van der Waals surface area contributed by atoms with Crippen LogP contribution in [-0.2, 0) is 14.8 Å². The summed E-state index contributed by atoms with van der Waals surface area (Å²) in [5.41, 5.74) is 2.38. The number of para-hydroxylation sites is 1. The van der Waals surface area contributed by atoms with Crippen LogP contribution in [0.4, 0.5) is 5.69 Å². The molecule has 7 heteroatoms. The van der Waals surface area contributed by atoms with Gasteiger partial charge in [-0.25, -0.2) is 8.42 Å². The number of aryl methyl sites for hydroxylation is 2. The van der Waals surface area contributed by atoms with Gasteiger partial charge >= 0.3 is 0 Å². The molecule has 0 heterocycles. The quantitative estimate of drug-likeness (QED) is 0.717. The van der Waals surface area contributed by atoms with Crippen LogP contribution in [0.15, 0.2) is 48.5 Å². The molecule has 0 saturated heterocycles. The first-order valence-corrected chi connectivity index (χ1v) is 10.1. The molecule has 2 rings (SSSR count). The Morgan fingerprint density at radius 2 is 1.85 bits per heavy atom. The van der Waals surface area contributed by atoms with Crippen molar-refractivity contribution in [1.82, 2.24) is 5.32 Å². The van der Waals surface area contributed by atoms with Crippen molar-refractivity contribution >= 4 is 21.6 Å². The Labute approximate surface area is 154 Å². The van der Waals surface area contributed by atoms with E-state index in [2.05, 4.69) is 5.32 Å². The van der Waals surface area contributed by atoms with Gasteiger partial charge in [0.25, 0.3) is 0 Å². The molecule has 140 valence electrons. The molecule has 2 aromatic carbocycles. The molecule has 26 heavy (non-hydrogen) atoms. The third-order valence-electron chi connectivity index (χ3n) is 3.75. The fourth-order valence-corrected chi connectivity index (χ4v) is 3.39. The highest BCUT2D eigenvalue weighted by molar-refractivity contribution is 7.92. The van der Waals surface area contributed by atoms with Crippen LogP contribution < -0.4 is 14.4 Å². The molecular formula is C19H24N2O4S. The molecule has 1 amide bonds. The summed E-state index contributed by atoms with van der Waals surface area (Å²) in [5.74, 6) is 0.350. The first-order chi connectivity index (χ1) is 12.3. The van der Waals surface area contributed by atoms with Gasteiger partial charge in [-0.05, 0) is 43.2 Å². The number of sulfonamides is 1. The van der Waals surface area contributed by atoms with Gasteiger partial charge in [0.15, 0.2) is 0 Å². The van der Waals surface area contributed by atoms with Crippen LogP contribution in [0.3, 0.4) is 0 Å². The first kappa shape index (κ1) is 19.8. The van der Waals surface area contributed by atoms with Gasteiger partial charge in [-0.15, -0.1) is 0 Å². The number of rotatable bonds is 8. The first-order valence-electron chi connectivity index (χ1n) is 8.27.